The maximum Gasteiger partial charge on any atom is 0.425 e. The van der Waals surface area contributed by atoms with E-state index in [-0.39, 0.29) is 16.8 Å². The van der Waals surface area contributed by atoms with Gasteiger partial charge in [0.05, 0.1) is 5.56 Å². The van der Waals surface area contributed by atoms with Crippen LogP contribution in [-0.2, 0) is 31.3 Å². The average Bonchev–Trinajstić information content (AvgIpc) is 2.66. The first-order chi connectivity index (χ1) is 15.1. The molecule has 0 radical (unpaired) electrons. The second-order valence-electron chi connectivity index (χ2n) is 5.82. The van der Waals surface area contributed by atoms with E-state index >= 15 is 0 Å². The molecule has 0 saturated heterocycles. The molecule has 0 fully saturated rings. The zero-order chi connectivity index (χ0) is 25.9. The minimum absolute atomic E-state index is 0.0879. The zero-order valence-corrected chi connectivity index (χ0v) is 19.1. The van der Waals surface area contributed by atoms with Crippen LogP contribution in [0.15, 0.2) is 47.4 Å². The van der Waals surface area contributed by atoms with Gasteiger partial charge in [-0.1, -0.05) is 29.8 Å². The maximum atomic E-state index is 11.8. The van der Waals surface area contributed by atoms with Gasteiger partial charge < -0.3 is 11.5 Å². The van der Waals surface area contributed by atoms with Crippen LogP contribution in [-0.4, -0.2) is 49.7 Å². The summed E-state index contributed by atoms with van der Waals surface area (Å²) in [6.07, 6.45) is 1.06. The smallest absolute Gasteiger partial charge is 0.399 e. The number of nitrogens with one attached hydrogen (secondary N) is 1. The predicted molar refractivity (Wildman–Crippen MR) is 117 cm³/mol. The molecule has 1 aliphatic rings. The molecule has 13 nitrogen and oxygen atoms in total. The molecule has 0 heterocycles. The molecule has 0 amide bonds. The van der Waals surface area contributed by atoms with Gasteiger partial charge in [-0.3, -0.25) is 14.8 Å². The number of nitrogen functional groups attached to an aromatic ring is 2. The van der Waals surface area contributed by atoms with Crippen LogP contribution in [0.4, 0.5) is 11.4 Å². The first-order valence-corrected chi connectivity index (χ1v) is 11.6. The van der Waals surface area contributed by atoms with Gasteiger partial charge in [-0.25, -0.2) is 0 Å². The van der Waals surface area contributed by atoms with E-state index in [0.717, 1.165) is 11.8 Å². The molecule has 0 saturated carbocycles. The fourth-order valence-corrected chi connectivity index (χ4v) is 2.82. The van der Waals surface area contributed by atoms with E-state index in [1.54, 1.807) is 6.07 Å². The normalized spacial score (nSPS) is 11.6. The molecule has 0 bridgehead atoms. The highest BCUT2D eigenvalue weighted by Crippen LogP contribution is 2.28. The second kappa shape index (κ2) is 13.0. The Kier molecular flexibility index (Phi) is 11.5. The molecule has 0 atom stereocenters. The molecular weight excluding hydrogens is 502 g/mol. The summed E-state index contributed by atoms with van der Waals surface area (Å²) in [5.41, 5.74) is 12.8. The summed E-state index contributed by atoms with van der Waals surface area (Å²) in [6, 6.07) is 12.3. The van der Waals surface area contributed by atoms with Crippen molar-refractivity contribution < 1.29 is 43.0 Å². The van der Waals surface area contributed by atoms with Crippen LogP contribution in [0.25, 0.3) is 6.08 Å². The van der Waals surface area contributed by atoms with Crippen LogP contribution in [0.3, 0.4) is 0 Å². The summed E-state index contributed by atoms with van der Waals surface area (Å²) in [7, 11) is -10.8. The topological polar surface area (TPSA) is 250 Å². The van der Waals surface area contributed by atoms with Crippen LogP contribution in [0.1, 0.15) is 21.5 Å². The Morgan fingerprint density at radius 1 is 0.879 bits per heavy atom. The Morgan fingerprint density at radius 2 is 1.33 bits per heavy atom. The number of allylic oxidation sites excluding steroid dienone is 1. The van der Waals surface area contributed by atoms with Crippen LogP contribution < -0.4 is 11.5 Å². The van der Waals surface area contributed by atoms with Gasteiger partial charge in [0.1, 0.15) is 10.6 Å². The van der Waals surface area contributed by atoms with Crippen molar-refractivity contribution in [3.63, 3.8) is 0 Å². The van der Waals surface area contributed by atoms with Crippen molar-refractivity contribution in [3.8, 4) is 0 Å². The summed E-state index contributed by atoms with van der Waals surface area (Å²) in [5, 5.41) is 7.42. The van der Waals surface area contributed by atoms with E-state index in [9.17, 15) is 13.2 Å². The van der Waals surface area contributed by atoms with Gasteiger partial charge in [0.2, 0.25) is 5.78 Å². The number of anilines is 2. The number of nitrogens with two attached hydrogens (primary N) is 2. The van der Waals surface area contributed by atoms with Crippen molar-refractivity contribution in [1.29, 1.82) is 5.41 Å². The Balaban J connectivity index is 0.000000529. The van der Waals surface area contributed by atoms with E-state index in [4.69, 9.17) is 46.7 Å². The van der Waals surface area contributed by atoms with Gasteiger partial charge in [0, 0.05) is 11.4 Å². The fraction of sp³-hybridized carbons (Fsp3) is 0.0588. The maximum absolute atomic E-state index is 11.8. The van der Waals surface area contributed by atoms with Crippen LogP contribution >= 0.6 is 0 Å². The molecule has 1 aliphatic carbocycles. The number of benzene rings is 2. The Bertz CT molecular complexity index is 1330. The third-order valence-corrected chi connectivity index (χ3v) is 4.35. The quantitative estimate of drug-likeness (QED) is 0.293. The number of hydrogen-bond acceptors (Lipinski definition) is 12. The zero-order valence-electron chi connectivity index (χ0n) is 16.6. The lowest BCUT2D eigenvalue weighted by molar-refractivity contribution is 0.106. The van der Waals surface area contributed by atoms with Gasteiger partial charge in [0.25, 0.3) is 10.1 Å². The summed E-state index contributed by atoms with van der Waals surface area (Å²) in [4.78, 5) is 11.1. The average molecular weight is 520 g/mol. The minimum atomic E-state index is -4.59. The van der Waals surface area contributed by atoms with E-state index in [2.05, 4.69) is 0 Å². The molecule has 2 aromatic carbocycles. The fourth-order valence-electron chi connectivity index (χ4n) is 2.19. The predicted octanol–water partition coefficient (Wildman–Crippen LogP) is 0.283. The van der Waals surface area contributed by atoms with Gasteiger partial charge in [-0.15, -0.1) is 25.3 Å². The Morgan fingerprint density at radius 3 is 1.73 bits per heavy atom. The number of hydrogen-bond donors (Lipinski definition) is 4. The van der Waals surface area contributed by atoms with Gasteiger partial charge in [0.15, 0.2) is 0 Å². The van der Waals surface area contributed by atoms with Crippen LogP contribution in [0.2, 0.25) is 0 Å². The van der Waals surface area contributed by atoms with E-state index in [0.29, 0.717) is 0 Å². The lowest BCUT2D eigenvalue weighted by Crippen LogP contribution is -2.26. The highest BCUT2D eigenvalue weighted by Gasteiger charge is 2.32. The summed E-state index contributed by atoms with van der Waals surface area (Å²) in [5.74, 6) is -0.812. The standard InChI is InChI=1S/C10H8N2O4S.C7H9N.2O3S/c11-6-3-1-2-5-4-7(17(14,15)16)9(12)10(13)8(5)6;1-6-2-4-7(8)5-3-6;2*1-4(2)3/h1-4,12H,11H2,(H,14,15,16);2-5H,8H2,1H3;;. The molecule has 178 valence electrons. The molecule has 0 spiro atoms. The summed E-state index contributed by atoms with van der Waals surface area (Å²) >= 11 is 0. The highest BCUT2D eigenvalue weighted by atomic mass is 32.2. The third kappa shape index (κ3) is 10.9. The molecule has 0 unspecified atom stereocenters. The van der Waals surface area contributed by atoms with Crippen molar-refractivity contribution >= 4 is 60.3 Å². The van der Waals surface area contributed by atoms with Crippen molar-refractivity contribution in [2.45, 2.75) is 6.92 Å². The molecule has 6 N–H and O–H groups in total. The Hall–Kier alpha value is -3.73. The van der Waals surface area contributed by atoms with Crippen molar-refractivity contribution in [2.75, 3.05) is 11.5 Å². The van der Waals surface area contributed by atoms with E-state index in [1.165, 1.54) is 17.7 Å². The molecular formula is C17H17N3O10S3. The molecule has 33 heavy (non-hydrogen) atoms. The largest absolute Gasteiger partial charge is 0.425 e. The highest BCUT2D eigenvalue weighted by molar-refractivity contribution is 7.91. The summed E-state index contributed by atoms with van der Waals surface area (Å²) < 4.78 is 81.6. The number of carbonyl (C=O) groups is 1. The lowest BCUT2D eigenvalue weighted by Gasteiger charge is -2.15. The number of Topliss-reactive ketones (excluding diaryl/α,β-unsaturated/α-hetero) is 1. The number of carbonyl (C=O) groups excluding carboxylic acids is 1. The van der Waals surface area contributed by atoms with E-state index < -0.39 is 47.7 Å². The Labute approximate surface area is 191 Å². The molecule has 16 heteroatoms. The van der Waals surface area contributed by atoms with Gasteiger partial charge in [-0.05, 0) is 36.8 Å². The van der Waals surface area contributed by atoms with Gasteiger partial charge >= 0.3 is 21.2 Å². The molecule has 0 aliphatic heterocycles. The SMILES string of the molecule is Cc1ccc(N)cc1.N=C1C(=O)c2c(N)cccc2C=C1S(=O)(=O)O.O=S(=O)=O.O=S(=O)=O. The molecule has 0 aromatic heterocycles. The first-order valence-electron chi connectivity index (χ1n) is 8.14. The van der Waals surface area contributed by atoms with E-state index in [1.807, 2.05) is 31.2 Å². The van der Waals surface area contributed by atoms with Gasteiger partial charge in [-0.2, -0.15) is 8.42 Å². The van der Waals surface area contributed by atoms with Crippen LogP contribution in [0, 0.1) is 12.3 Å². The monoisotopic (exact) mass is 519 g/mol. The van der Waals surface area contributed by atoms with Crippen LogP contribution in [0.5, 0.6) is 0 Å². The lowest BCUT2D eigenvalue weighted by atomic mass is 9.93. The van der Waals surface area contributed by atoms with Crippen molar-refractivity contribution in [1.82, 2.24) is 0 Å². The minimum Gasteiger partial charge on any atom is -0.399 e. The van der Waals surface area contributed by atoms with Crippen molar-refractivity contribution in [3.05, 3.63) is 64.1 Å². The number of ketones is 1. The number of fused-ring (bicyclic) bond motifs is 1. The molecule has 2 aromatic rings. The number of rotatable bonds is 1. The van der Waals surface area contributed by atoms with Crippen molar-refractivity contribution in [2.24, 2.45) is 0 Å². The summed E-state index contributed by atoms with van der Waals surface area (Å²) in [6.45, 7) is 2.04. The molecule has 3 rings (SSSR count). The second-order valence-corrected chi connectivity index (χ2v) is 8.02. The third-order valence-electron chi connectivity index (χ3n) is 3.47. The number of aryl methyl sites for hydroxylation is 1. The first kappa shape index (κ1) is 29.3.